The fraction of sp³-hybridized carbons (Fsp3) is 0.364. The number of ether oxygens (including phenoxy) is 1. The highest BCUT2D eigenvalue weighted by atomic mass is 19.4. The third kappa shape index (κ3) is 5.24. The van der Waals surface area contributed by atoms with Crippen LogP contribution in [0.5, 0.6) is 5.88 Å². The summed E-state index contributed by atoms with van der Waals surface area (Å²) in [6, 6.07) is 9.78. The van der Waals surface area contributed by atoms with E-state index in [1.54, 1.807) is 6.92 Å². The van der Waals surface area contributed by atoms with Gasteiger partial charge in [0.2, 0.25) is 5.88 Å². The SMILES string of the molecule is COc1ccc(-n2ncc(C(=O)NC(C)c3ccc(CC(C)C)cc3)c2C(F)(F)F)nn1. The Morgan fingerprint density at radius 3 is 2.31 bits per heavy atom. The van der Waals surface area contributed by atoms with Crippen LogP contribution in [0.2, 0.25) is 0 Å². The van der Waals surface area contributed by atoms with Crippen molar-refractivity contribution in [2.75, 3.05) is 7.11 Å². The van der Waals surface area contributed by atoms with Gasteiger partial charge >= 0.3 is 6.18 Å². The van der Waals surface area contributed by atoms with E-state index in [0.29, 0.717) is 10.6 Å². The van der Waals surface area contributed by atoms with E-state index in [1.807, 2.05) is 24.3 Å². The molecule has 0 spiro atoms. The molecule has 0 saturated carbocycles. The zero-order valence-corrected chi connectivity index (χ0v) is 18.1. The Balaban J connectivity index is 1.85. The summed E-state index contributed by atoms with van der Waals surface area (Å²) in [6.07, 6.45) is -3.04. The number of hydrogen-bond acceptors (Lipinski definition) is 5. The number of amides is 1. The van der Waals surface area contributed by atoms with Gasteiger partial charge in [-0.15, -0.1) is 10.2 Å². The van der Waals surface area contributed by atoms with Gasteiger partial charge in [-0.1, -0.05) is 38.1 Å². The first-order valence-electron chi connectivity index (χ1n) is 10.0. The Bertz CT molecular complexity index is 1060. The number of nitrogens with zero attached hydrogens (tertiary/aromatic N) is 4. The number of benzene rings is 1. The lowest BCUT2D eigenvalue weighted by molar-refractivity contribution is -0.143. The maximum absolute atomic E-state index is 13.8. The van der Waals surface area contributed by atoms with Crippen molar-refractivity contribution in [2.45, 2.75) is 39.4 Å². The molecule has 0 aliphatic rings. The molecule has 1 unspecified atom stereocenters. The molecule has 3 aromatic rings. The van der Waals surface area contributed by atoms with Gasteiger partial charge in [-0.2, -0.15) is 18.3 Å². The molecule has 0 aliphatic heterocycles. The summed E-state index contributed by atoms with van der Waals surface area (Å²) < 4.78 is 46.9. The maximum Gasteiger partial charge on any atom is 0.434 e. The minimum atomic E-state index is -4.84. The van der Waals surface area contributed by atoms with E-state index in [0.717, 1.165) is 23.7 Å². The minimum absolute atomic E-state index is 0.140. The maximum atomic E-state index is 13.8. The molecule has 0 saturated heterocycles. The first-order valence-corrected chi connectivity index (χ1v) is 10.0. The van der Waals surface area contributed by atoms with Crippen LogP contribution in [0.3, 0.4) is 0 Å². The topological polar surface area (TPSA) is 81.9 Å². The molecule has 1 aromatic carbocycles. The molecular formula is C22H24F3N5O2. The van der Waals surface area contributed by atoms with E-state index in [2.05, 4.69) is 34.5 Å². The van der Waals surface area contributed by atoms with Crippen molar-refractivity contribution in [1.29, 1.82) is 0 Å². The molecule has 0 fully saturated rings. The second-order valence-electron chi connectivity index (χ2n) is 7.79. The van der Waals surface area contributed by atoms with Gasteiger partial charge < -0.3 is 10.1 Å². The number of nitrogens with one attached hydrogen (secondary N) is 1. The zero-order chi connectivity index (χ0) is 23.5. The van der Waals surface area contributed by atoms with Gasteiger partial charge in [0.1, 0.15) is 0 Å². The van der Waals surface area contributed by atoms with E-state index in [9.17, 15) is 18.0 Å². The number of alkyl halides is 3. The molecule has 7 nitrogen and oxygen atoms in total. The van der Waals surface area contributed by atoms with Crippen LogP contribution in [0.4, 0.5) is 13.2 Å². The first-order chi connectivity index (χ1) is 15.1. The number of aromatic nitrogens is 4. The summed E-state index contributed by atoms with van der Waals surface area (Å²) in [6.45, 7) is 5.95. The van der Waals surface area contributed by atoms with Crippen molar-refractivity contribution in [3.8, 4) is 11.7 Å². The summed E-state index contributed by atoms with van der Waals surface area (Å²) in [5.41, 5.74) is 0.115. The second-order valence-corrected chi connectivity index (χ2v) is 7.79. The summed E-state index contributed by atoms with van der Waals surface area (Å²) in [5.74, 6) is -0.430. The lowest BCUT2D eigenvalue weighted by Crippen LogP contribution is -2.29. The molecule has 0 radical (unpaired) electrons. The number of carbonyl (C=O) groups is 1. The van der Waals surface area contributed by atoms with Gasteiger partial charge in [0.15, 0.2) is 11.5 Å². The van der Waals surface area contributed by atoms with Gasteiger partial charge in [0.05, 0.1) is 24.9 Å². The van der Waals surface area contributed by atoms with Crippen LogP contribution >= 0.6 is 0 Å². The van der Waals surface area contributed by atoms with E-state index < -0.39 is 29.4 Å². The highest BCUT2D eigenvalue weighted by Crippen LogP contribution is 2.33. The summed E-state index contributed by atoms with van der Waals surface area (Å²) in [5, 5.41) is 13.7. The Labute approximate surface area is 183 Å². The standard InChI is InChI=1S/C22H24F3N5O2/c1-13(2)11-15-5-7-16(8-6-15)14(3)27-21(31)17-12-26-30(20(17)22(23,24)25)18-9-10-19(32-4)29-28-18/h5-10,12-14H,11H2,1-4H3,(H,27,31). The van der Waals surface area contributed by atoms with Crippen molar-refractivity contribution in [1.82, 2.24) is 25.3 Å². The lowest BCUT2D eigenvalue weighted by Gasteiger charge is -2.16. The predicted molar refractivity (Wildman–Crippen MR) is 112 cm³/mol. The molecule has 2 aromatic heterocycles. The average molecular weight is 447 g/mol. The Kier molecular flexibility index (Phi) is 6.81. The van der Waals surface area contributed by atoms with Crippen LogP contribution in [0.25, 0.3) is 5.82 Å². The van der Waals surface area contributed by atoms with Crippen LogP contribution < -0.4 is 10.1 Å². The van der Waals surface area contributed by atoms with Gasteiger partial charge in [-0.05, 0) is 36.5 Å². The molecule has 0 bridgehead atoms. The zero-order valence-electron chi connectivity index (χ0n) is 18.1. The van der Waals surface area contributed by atoms with Crippen LogP contribution in [-0.4, -0.2) is 33.0 Å². The predicted octanol–water partition coefficient (Wildman–Crippen LogP) is 4.38. The number of carbonyl (C=O) groups excluding carboxylic acids is 1. The smallest absolute Gasteiger partial charge is 0.434 e. The summed E-state index contributed by atoms with van der Waals surface area (Å²) in [7, 11) is 1.36. The van der Waals surface area contributed by atoms with E-state index in [-0.39, 0.29) is 11.7 Å². The molecule has 32 heavy (non-hydrogen) atoms. The molecular weight excluding hydrogens is 423 g/mol. The number of methoxy groups -OCH3 is 1. The monoisotopic (exact) mass is 447 g/mol. The molecule has 1 amide bonds. The quantitative estimate of drug-likeness (QED) is 0.581. The van der Waals surface area contributed by atoms with Crippen molar-refractivity contribution >= 4 is 5.91 Å². The summed E-state index contributed by atoms with van der Waals surface area (Å²) >= 11 is 0. The molecule has 2 heterocycles. The minimum Gasteiger partial charge on any atom is -0.480 e. The van der Waals surface area contributed by atoms with Crippen LogP contribution in [-0.2, 0) is 12.6 Å². The highest BCUT2D eigenvalue weighted by Gasteiger charge is 2.41. The van der Waals surface area contributed by atoms with Gasteiger partial charge in [0, 0.05) is 6.07 Å². The first kappa shape index (κ1) is 23.2. The van der Waals surface area contributed by atoms with E-state index in [4.69, 9.17) is 4.74 Å². The summed E-state index contributed by atoms with van der Waals surface area (Å²) in [4.78, 5) is 12.7. The lowest BCUT2D eigenvalue weighted by atomic mass is 10.00. The molecule has 0 aliphatic carbocycles. The molecule has 3 rings (SSSR count). The third-order valence-corrected chi connectivity index (χ3v) is 4.81. The van der Waals surface area contributed by atoms with Gasteiger partial charge in [0.25, 0.3) is 5.91 Å². The fourth-order valence-corrected chi connectivity index (χ4v) is 3.27. The van der Waals surface area contributed by atoms with E-state index >= 15 is 0 Å². The van der Waals surface area contributed by atoms with Crippen molar-refractivity contribution < 1.29 is 22.7 Å². The average Bonchev–Trinajstić information content (AvgIpc) is 3.20. The molecule has 1 atom stereocenters. The molecule has 10 heteroatoms. The largest absolute Gasteiger partial charge is 0.480 e. The van der Waals surface area contributed by atoms with Crippen LogP contribution in [0, 0.1) is 5.92 Å². The van der Waals surface area contributed by atoms with Gasteiger partial charge in [-0.3, -0.25) is 4.79 Å². The molecule has 1 N–H and O–H groups in total. The van der Waals surface area contributed by atoms with Crippen LogP contribution in [0.15, 0.2) is 42.6 Å². The van der Waals surface area contributed by atoms with Gasteiger partial charge in [-0.25, -0.2) is 4.68 Å². The Hall–Kier alpha value is -3.43. The third-order valence-electron chi connectivity index (χ3n) is 4.81. The number of rotatable bonds is 7. The Morgan fingerprint density at radius 1 is 1.09 bits per heavy atom. The fourth-order valence-electron chi connectivity index (χ4n) is 3.27. The van der Waals surface area contributed by atoms with Crippen molar-refractivity contribution in [3.05, 3.63) is 65.0 Å². The van der Waals surface area contributed by atoms with E-state index in [1.165, 1.54) is 19.2 Å². The molecule has 170 valence electrons. The van der Waals surface area contributed by atoms with Crippen LogP contribution in [0.1, 0.15) is 54.0 Å². The normalized spacial score (nSPS) is 12.6. The number of hydrogen-bond donors (Lipinski definition) is 1. The number of halogens is 3. The van der Waals surface area contributed by atoms with Crippen molar-refractivity contribution in [3.63, 3.8) is 0 Å². The highest BCUT2D eigenvalue weighted by molar-refractivity contribution is 5.95. The Morgan fingerprint density at radius 2 is 1.78 bits per heavy atom. The second kappa shape index (κ2) is 9.37. The van der Waals surface area contributed by atoms with Crippen molar-refractivity contribution in [2.24, 2.45) is 5.92 Å².